The molecule has 0 heterocycles. The number of hydrogen-bond donors (Lipinski definition) is 0. The van der Waals surface area contributed by atoms with Crippen LogP contribution in [0.15, 0.2) is 29.2 Å². The average molecular weight is 311 g/mol. The summed E-state index contributed by atoms with van der Waals surface area (Å²) in [5.74, 6) is 0.719. The van der Waals surface area contributed by atoms with Crippen molar-refractivity contribution in [2.75, 3.05) is 13.7 Å². The van der Waals surface area contributed by atoms with Gasteiger partial charge in [0, 0.05) is 13.1 Å². The van der Waals surface area contributed by atoms with Crippen LogP contribution >= 0.6 is 0 Å². The van der Waals surface area contributed by atoms with Crippen LogP contribution in [0.3, 0.4) is 0 Å². The maximum atomic E-state index is 12.6. The summed E-state index contributed by atoms with van der Waals surface area (Å²) >= 11 is 0. The highest BCUT2D eigenvalue weighted by atomic mass is 32.2. The van der Waals surface area contributed by atoms with E-state index in [9.17, 15) is 8.42 Å². The lowest BCUT2D eigenvalue weighted by Crippen LogP contribution is -2.38. The minimum absolute atomic E-state index is 0.139. The highest BCUT2D eigenvalue weighted by Gasteiger charge is 2.28. The van der Waals surface area contributed by atoms with E-state index >= 15 is 0 Å². The zero-order valence-electron chi connectivity index (χ0n) is 12.9. The molecule has 1 aromatic rings. The molecule has 0 saturated heterocycles. The minimum atomic E-state index is -3.40. The number of sulfonamides is 1. The number of rotatable bonds is 6. The van der Waals surface area contributed by atoms with Crippen LogP contribution in [0.25, 0.3) is 0 Å². The SMILES string of the molecule is CCCOc1ccc(S(=O)(=O)N(C)C2CCCCC2)cc1. The average Bonchev–Trinajstić information content (AvgIpc) is 2.53. The zero-order chi connectivity index (χ0) is 15.3. The van der Waals surface area contributed by atoms with Crippen LogP contribution in [0, 0.1) is 0 Å². The monoisotopic (exact) mass is 311 g/mol. The van der Waals surface area contributed by atoms with Gasteiger partial charge in [-0.15, -0.1) is 0 Å². The second kappa shape index (κ2) is 7.27. The molecule has 4 nitrogen and oxygen atoms in total. The quantitative estimate of drug-likeness (QED) is 0.808. The Kier molecular flexibility index (Phi) is 5.65. The van der Waals surface area contributed by atoms with E-state index in [2.05, 4.69) is 0 Å². The van der Waals surface area contributed by atoms with Gasteiger partial charge >= 0.3 is 0 Å². The molecule has 118 valence electrons. The standard InChI is InChI=1S/C16H25NO3S/c1-3-13-20-15-9-11-16(12-10-15)21(18,19)17(2)14-7-5-4-6-8-14/h9-12,14H,3-8,13H2,1-2H3. The van der Waals surface area contributed by atoms with Crippen LogP contribution in [0.1, 0.15) is 45.4 Å². The van der Waals surface area contributed by atoms with Gasteiger partial charge in [-0.2, -0.15) is 4.31 Å². The Morgan fingerprint density at radius 1 is 1.14 bits per heavy atom. The van der Waals surface area contributed by atoms with E-state index < -0.39 is 10.0 Å². The maximum absolute atomic E-state index is 12.6. The van der Waals surface area contributed by atoms with Crippen molar-refractivity contribution in [3.05, 3.63) is 24.3 Å². The molecule has 1 aliphatic carbocycles. The first-order chi connectivity index (χ1) is 10.1. The smallest absolute Gasteiger partial charge is 0.243 e. The Morgan fingerprint density at radius 3 is 2.33 bits per heavy atom. The van der Waals surface area contributed by atoms with Gasteiger partial charge in [0.15, 0.2) is 0 Å². The van der Waals surface area contributed by atoms with Crippen LogP contribution in [0.2, 0.25) is 0 Å². The first-order valence-electron chi connectivity index (χ1n) is 7.76. The summed E-state index contributed by atoms with van der Waals surface area (Å²) in [6.45, 7) is 2.69. The summed E-state index contributed by atoms with van der Waals surface area (Å²) in [5.41, 5.74) is 0. The summed E-state index contributed by atoms with van der Waals surface area (Å²) in [7, 11) is -1.70. The van der Waals surface area contributed by atoms with Crippen molar-refractivity contribution < 1.29 is 13.2 Å². The molecule has 0 spiro atoms. The zero-order valence-corrected chi connectivity index (χ0v) is 13.7. The molecule has 0 N–H and O–H groups in total. The minimum Gasteiger partial charge on any atom is -0.494 e. The van der Waals surface area contributed by atoms with E-state index in [-0.39, 0.29) is 6.04 Å². The van der Waals surface area contributed by atoms with Crippen LogP contribution in [0.5, 0.6) is 5.75 Å². The molecule has 5 heteroatoms. The molecule has 0 unspecified atom stereocenters. The predicted molar refractivity (Wildman–Crippen MR) is 84.0 cm³/mol. The number of benzene rings is 1. The number of hydrogen-bond acceptors (Lipinski definition) is 3. The fraction of sp³-hybridized carbons (Fsp3) is 0.625. The Balaban J connectivity index is 2.10. The van der Waals surface area contributed by atoms with E-state index in [1.54, 1.807) is 35.6 Å². The van der Waals surface area contributed by atoms with Gasteiger partial charge in [-0.1, -0.05) is 26.2 Å². The lowest BCUT2D eigenvalue weighted by atomic mass is 9.96. The van der Waals surface area contributed by atoms with Gasteiger partial charge < -0.3 is 4.74 Å². The molecule has 0 bridgehead atoms. The van der Waals surface area contributed by atoms with Gasteiger partial charge in [0.05, 0.1) is 11.5 Å². The third kappa shape index (κ3) is 3.98. The summed E-state index contributed by atoms with van der Waals surface area (Å²) < 4.78 is 32.3. The molecule has 0 atom stereocenters. The van der Waals surface area contributed by atoms with Gasteiger partial charge in [-0.25, -0.2) is 8.42 Å². The molecule has 0 aromatic heterocycles. The highest BCUT2D eigenvalue weighted by molar-refractivity contribution is 7.89. The van der Waals surface area contributed by atoms with E-state index in [4.69, 9.17) is 4.74 Å². The summed E-state index contributed by atoms with van der Waals surface area (Å²) in [5, 5.41) is 0. The van der Waals surface area contributed by atoms with E-state index in [1.165, 1.54) is 6.42 Å². The van der Waals surface area contributed by atoms with E-state index in [0.29, 0.717) is 11.5 Å². The van der Waals surface area contributed by atoms with E-state index in [1.807, 2.05) is 6.92 Å². The van der Waals surface area contributed by atoms with Crippen molar-refractivity contribution in [1.29, 1.82) is 0 Å². The second-order valence-corrected chi connectivity index (χ2v) is 7.63. The molecular weight excluding hydrogens is 286 g/mol. The van der Waals surface area contributed by atoms with Gasteiger partial charge in [0.1, 0.15) is 5.75 Å². The lowest BCUT2D eigenvalue weighted by Gasteiger charge is -2.30. The third-order valence-corrected chi connectivity index (χ3v) is 5.99. The largest absolute Gasteiger partial charge is 0.494 e. The fourth-order valence-electron chi connectivity index (χ4n) is 2.73. The maximum Gasteiger partial charge on any atom is 0.243 e. The van der Waals surface area contributed by atoms with Gasteiger partial charge in [-0.3, -0.25) is 0 Å². The van der Waals surface area contributed by atoms with Crippen molar-refractivity contribution in [3.8, 4) is 5.75 Å². The molecule has 0 radical (unpaired) electrons. The molecule has 0 aliphatic heterocycles. The van der Waals surface area contributed by atoms with Crippen LogP contribution in [-0.2, 0) is 10.0 Å². The van der Waals surface area contributed by atoms with Crippen molar-refractivity contribution in [1.82, 2.24) is 4.31 Å². The van der Waals surface area contributed by atoms with Crippen LogP contribution in [-0.4, -0.2) is 32.4 Å². The number of nitrogens with zero attached hydrogens (tertiary/aromatic N) is 1. The third-order valence-electron chi connectivity index (χ3n) is 4.06. The molecule has 21 heavy (non-hydrogen) atoms. The lowest BCUT2D eigenvalue weighted by molar-refractivity contribution is 0.285. The molecule has 1 fully saturated rings. The second-order valence-electron chi connectivity index (χ2n) is 5.63. The molecule has 1 aliphatic rings. The van der Waals surface area contributed by atoms with Gasteiger partial charge in [0.25, 0.3) is 0 Å². The van der Waals surface area contributed by atoms with Crippen molar-refractivity contribution in [3.63, 3.8) is 0 Å². The van der Waals surface area contributed by atoms with Gasteiger partial charge in [-0.05, 0) is 43.5 Å². The fourth-order valence-corrected chi connectivity index (χ4v) is 4.15. The summed E-state index contributed by atoms with van der Waals surface area (Å²) in [4.78, 5) is 0.347. The van der Waals surface area contributed by atoms with Gasteiger partial charge in [0.2, 0.25) is 10.0 Å². The molecule has 0 amide bonds. The van der Waals surface area contributed by atoms with Crippen molar-refractivity contribution in [2.24, 2.45) is 0 Å². The first kappa shape index (κ1) is 16.3. The number of ether oxygens (including phenoxy) is 1. The van der Waals surface area contributed by atoms with Crippen molar-refractivity contribution in [2.45, 2.75) is 56.4 Å². The Hall–Kier alpha value is -1.07. The molecular formula is C16H25NO3S. The molecule has 1 saturated carbocycles. The van der Waals surface area contributed by atoms with E-state index in [0.717, 1.165) is 37.9 Å². The summed E-state index contributed by atoms with van der Waals surface area (Å²) in [6, 6.07) is 6.88. The molecule has 2 rings (SSSR count). The van der Waals surface area contributed by atoms with Crippen LogP contribution < -0.4 is 4.74 Å². The first-order valence-corrected chi connectivity index (χ1v) is 9.20. The highest BCUT2D eigenvalue weighted by Crippen LogP contribution is 2.27. The predicted octanol–water partition coefficient (Wildman–Crippen LogP) is 3.43. The van der Waals surface area contributed by atoms with Crippen molar-refractivity contribution >= 4 is 10.0 Å². The Labute approximate surface area is 128 Å². The Morgan fingerprint density at radius 2 is 1.76 bits per heavy atom. The Bertz CT molecular complexity index is 533. The topological polar surface area (TPSA) is 46.6 Å². The summed E-state index contributed by atoms with van der Waals surface area (Å²) in [6.07, 6.45) is 6.32. The normalized spacial score (nSPS) is 17.1. The molecule has 1 aromatic carbocycles. The van der Waals surface area contributed by atoms with Crippen LogP contribution in [0.4, 0.5) is 0 Å².